The molecule has 0 spiro atoms. The molecule has 0 N–H and O–H groups in total. The van der Waals surface area contributed by atoms with Crippen molar-refractivity contribution in [2.45, 2.75) is 33.6 Å². The van der Waals surface area contributed by atoms with Crippen LogP contribution in [0.1, 0.15) is 33.6 Å². The lowest BCUT2D eigenvalue weighted by Crippen LogP contribution is -2.47. The van der Waals surface area contributed by atoms with Gasteiger partial charge in [0.25, 0.3) is 0 Å². The lowest BCUT2D eigenvalue weighted by Gasteiger charge is -2.39. The minimum Gasteiger partial charge on any atom is -0.302 e. The smallest absolute Gasteiger partial charge is 0.00195 e. The van der Waals surface area contributed by atoms with Gasteiger partial charge < -0.3 is 4.90 Å². The molecule has 0 aliphatic carbocycles. The van der Waals surface area contributed by atoms with Crippen molar-refractivity contribution in [3.05, 3.63) is 0 Å². The maximum Gasteiger partial charge on any atom is 0.00195 e. The minimum absolute atomic E-state index is 0.947. The minimum atomic E-state index is 0.947. The van der Waals surface area contributed by atoms with E-state index in [0.717, 1.165) is 11.8 Å². The Morgan fingerprint density at radius 2 is 1.82 bits per heavy atom. The van der Waals surface area contributed by atoms with E-state index >= 15 is 0 Å². The second kappa shape index (κ2) is 4.10. The number of nitrogens with zero attached hydrogens (tertiary/aromatic N) is 1. The van der Waals surface area contributed by atoms with Crippen LogP contribution in [0.3, 0.4) is 0 Å². The summed E-state index contributed by atoms with van der Waals surface area (Å²) in [4.78, 5) is 2.59. The van der Waals surface area contributed by atoms with E-state index in [9.17, 15) is 0 Å². The molecular formula is C10H21N. The first-order valence-electron chi connectivity index (χ1n) is 4.98. The normalized spacial score (nSPS) is 20.7. The largest absolute Gasteiger partial charge is 0.302 e. The number of hydrogen-bond donors (Lipinski definition) is 0. The molecular weight excluding hydrogens is 134 g/mol. The van der Waals surface area contributed by atoms with Crippen LogP contribution in [0.2, 0.25) is 0 Å². The SMILES string of the molecule is CCC(CC)CN1CC(C)C1. The van der Waals surface area contributed by atoms with Gasteiger partial charge >= 0.3 is 0 Å². The number of rotatable bonds is 4. The van der Waals surface area contributed by atoms with Gasteiger partial charge in [-0.25, -0.2) is 0 Å². The van der Waals surface area contributed by atoms with E-state index in [1.165, 1.54) is 32.5 Å². The third kappa shape index (κ3) is 2.48. The highest BCUT2D eigenvalue weighted by Crippen LogP contribution is 2.18. The fourth-order valence-corrected chi connectivity index (χ4v) is 1.89. The van der Waals surface area contributed by atoms with E-state index in [0.29, 0.717) is 0 Å². The zero-order chi connectivity index (χ0) is 8.27. The summed E-state index contributed by atoms with van der Waals surface area (Å²) in [6, 6.07) is 0. The molecule has 1 saturated heterocycles. The van der Waals surface area contributed by atoms with Crippen molar-refractivity contribution in [1.82, 2.24) is 4.90 Å². The molecule has 1 rings (SSSR count). The second-order valence-electron chi connectivity index (χ2n) is 4.01. The van der Waals surface area contributed by atoms with E-state index in [-0.39, 0.29) is 0 Å². The molecule has 0 aromatic carbocycles. The van der Waals surface area contributed by atoms with Crippen LogP contribution < -0.4 is 0 Å². The Hall–Kier alpha value is -0.0400. The van der Waals surface area contributed by atoms with E-state index in [2.05, 4.69) is 25.7 Å². The van der Waals surface area contributed by atoms with Gasteiger partial charge in [0.2, 0.25) is 0 Å². The van der Waals surface area contributed by atoms with Gasteiger partial charge in [-0.2, -0.15) is 0 Å². The zero-order valence-electron chi connectivity index (χ0n) is 8.14. The molecule has 0 aromatic heterocycles. The van der Waals surface area contributed by atoms with Gasteiger partial charge in [-0.15, -0.1) is 0 Å². The number of hydrogen-bond acceptors (Lipinski definition) is 1. The van der Waals surface area contributed by atoms with Gasteiger partial charge in [0.15, 0.2) is 0 Å². The van der Waals surface area contributed by atoms with Gasteiger partial charge in [0, 0.05) is 19.6 Å². The average Bonchev–Trinajstić information content (AvgIpc) is 1.96. The monoisotopic (exact) mass is 155 g/mol. The first kappa shape index (κ1) is 9.05. The standard InChI is InChI=1S/C10H21N/c1-4-10(5-2)8-11-6-9(3)7-11/h9-10H,4-8H2,1-3H3. The third-order valence-corrected chi connectivity index (χ3v) is 2.81. The Labute approximate surface area is 70.8 Å². The van der Waals surface area contributed by atoms with Crippen LogP contribution in [0.4, 0.5) is 0 Å². The Bertz CT molecular complexity index is 101. The molecule has 1 nitrogen and oxygen atoms in total. The van der Waals surface area contributed by atoms with E-state index in [1.54, 1.807) is 0 Å². The van der Waals surface area contributed by atoms with E-state index in [4.69, 9.17) is 0 Å². The predicted molar refractivity (Wildman–Crippen MR) is 49.7 cm³/mol. The summed E-state index contributed by atoms with van der Waals surface area (Å²) in [5.41, 5.74) is 0. The molecule has 0 aromatic rings. The van der Waals surface area contributed by atoms with Crippen molar-refractivity contribution in [3.63, 3.8) is 0 Å². The summed E-state index contributed by atoms with van der Waals surface area (Å²) in [7, 11) is 0. The molecule has 1 heteroatoms. The van der Waals surface area contributed by atoms with Gasteiger partial charge in [0.1, 0.15) is 0 Å². The first-order chi connectivity index (χ1) is 5.26. The van der Waals surface area contributed by atoms with Crippen LogP contribution in [0.5, 0.6) is 0 Å². The van der Waals surface area contributed by atoms with Crippen molar-refractivity contribution in [1.29, 1.82) is 0 Å². The molecule has 0 bridgehead atoms. The highest BCUT2D eigenvalue weighted by Gasteiger charge is 2.23. The number of likely N-dealkylation sites (tertiary alicyclic amines) is 1. The van der Waals surface area contributed by atoms with Gasteiger partial charge in [0.05, 0.1) is 0 Å². The first-order valence-corrected chi connectivity index (χ1v) is 4.98. The van der Waals surface area contributed by atoms with Gasteiger partial charge in [-0.3, -0.25) is 0 Å². The topological polar surface area (TPSA) is 3.24 Å². The molecule has 1 heterocycles. The average molecular weight is 155 g/mol. The molecule has 0 radical (unpaired) electrons. The lowest BCUT2D eigenvalue weighted by molar-refractivity contribution is 0.0904. The Kier molecular flexibility index (Phi) is 3.38. The van der Waals surface area contributed by atoms with Crippen LogP contribution in [0.25, 0.3) is 0 Å². The van der Waals surface area contributed by atoms with Crippen LogP contribution in [0, 0.1) is 11.8 Å². The second-order valence-corrected chi connectivity index (χ2v) is 4.01. The Morgan fingerprint density at radius 1 is 1.27 bits per heavy atom. The van der Waals surface area contributed by atoms with Crippen LogP contribution >= 0.6 is 0 Å². The predicted octanol–water partition coefficient (Wildman–Crippen LogP) is 2.37. The van der Waals surface area contributed by atoms with E-state index in [1.807, 2.05) is 0 Å². The maximum atomic E-state index is 2.59. The summed E-state index contributed by atoms with van der Waals surface area (Å²) in [6.45, 7) is 11.0. The quantitative estimate of drug-likeness (QED) is 0.602. The van der Waals surface area contributed by atoms with Crippen LogP contribution in [0.15, 0.2) is 0 Å². The van der Waals surface area contributed by atoms with Gasteiger partial charge in [-0.05, 0) is 11.8 Å². The van der Waals surface area contributed by atoms with Crippen molar-refractivity contribution < 1.29 is 0 Å². The van der Waals surface area contributed by atoms with Crippen LogP contribution in [-0.4, -0.2) is 24.5 Å². The van der Waals surface area contributed by atoms with Crippen LogP contribution in [-0.2, 0) is 0 Å². The Balaban J connectivity index is 2.09. The molecule has 0 amide bonds. The maximum absolute atomic E-state index is 2.59. The summed E-state index contributed by atoms with van der Waals surface area (Å²) < 4.78 is 0. The summed E-state index contributed by atoms with van der Waals surface area (Å²) in [5.74, 6) is 1.91. The summed E-state index contributed by atoms with van der Waals surface area (Å²) >= 11 is 0. The highest BCUT2D eigenvalue weighted by molar-refractivity contribution is 4.77. The molecule has 1 aliphatic rings. The summed E-state index contributed by atoms with van der Waals surface area (Å²) in [6.07, 6.45) is 2.70. The molecule has 0 unspecified atom stereocenters. The summed E-state index contributed by atoms with van der Waals surface area (Å²) in [5, 5.41) is 0. The highest BCUT2D eigenvalue weighted by atomic mass is 15.2. The van der Waals surface area contributed by atoms with Crippen molar-refractivity contribution >= 4 is 0 Å². The fourth-order valence-electron chi connectivity index (χ4n) is 1.89. The third-order valence-electron chi connectivity index (χ3n) is 2.81. The molecule has 66 valence electrons. The molecule has 1 fully saturated rings. The fraction of sp³-hybridized carbons (Fsp3) is 1.00. The molecule has 0 atom stereocenters. The van der Waals surface area contributed by atoms with Crippen molar-refractivity contribution in [2.24, 2.45) is 11.8 Å². The Morgan fingerprint density at radius 3 is 2.18 bits per heavy atom. The molecule has 11 heavy (non-hydrogen) atoms. The molecule has 0 saturated carbocycles. The van der Waals surface area contributed by atoms with Crippen molar-refractivity contribution in [2.75, 3.05) is 19.6 Å². The van der Waals surface area contributed by atoms with E-state index < -0.39 is 0 Å². The van der Waals surface area contributed by atoms with Gasteiger partial charge in [-0.1, -0.05) is 33.6 Å². The zero-order valence-corrected chi connectivity index (χ0v) is 8.14. The van der Waals surface area contributed by atoms with Crippen molar-refractivity contribution in [3.8, 4) is 0 Å². The lowest BCUT2D eigenvalue weighted by atomic mass is 9.97. The molecule has 1 aliphatic heterocycles.